The van der Waals surface area contributed by atoms with Gasteiger partial charge in [0.2, 0.25) is 5.91 Å². The molecule has 0 bridgehead atoms. The molecule has 0 saturated carbocycles. The summed E-state index contributed by atoms with van der Waals surface area (Å²) in [5, 5.41) is 23.0. The van der Waals surface area contributed by atoms with E-state index in [1.165, 1.54) is 12.1 Å². The second-order valence-corrected chi connectivity index (χ2v) is 6.78. The lowest BCUT2D eigenvalue weighted by atomic mass is 10.1. The summed E-state index contributed by atoms with van der Waals surface area (Å²) in [5.41, 5.74) is 2.07. The number of carbonyl (C=O) groups excluding carboxylic acids is 1. The summed E-state index contributed by atoms with van der Waals surface area (Å²) in [4.78, 5) is 27.0. The molecule has 0 radical (unpaired) electrons. The molecule has 1 saturated heterocycles. The fraction of sp³-hybridized carbons (Fsp3) is 0.263. The third-order valence-electron chi connectivity index (χ3n) is 4.86. The van der Waals surface area contributed by atoms with Crippen LogP contribution in [0.5, 0.6) is 0 Å². The Kier molecular flexibility index (Phi) is 4.90. The van der Waals surface area contributed by atoms with E-state index in [9.17, 15) is 14.9 Å². The van der Waals surface area contributed by atoms with Crippen molar-refractivity contribution in [1.82, 2.24) is 24.7 Å². The van der Waals surface area contributed by atoms with Crippen molar-refractivity contribution in [2.24, 2.45) is 0 Å². The average molecular weight is 393 g/mol. The number of rotatable bonds is 4. The van der Waals surface area contributed by atoms with E-state index in [1.807, 2.05) is 17.0 Å². The van der Waals surface area contributed by atoms with Crippen LogP contribution >= 0.6 is 0 Å². The Hall–Kier alpha value is -3.82. The maximum atomic E-state index is 12.8. The first-order valence-corrected chi connectivity index (χ1v) is 9.15. The highest BCUT2D eigenvalue weighted by Crippen LogP contribution is 2.17. The van der Waals surface area contributed by atoms with Crippen molar-refractivity contribution in [2.75, 3.05) is 31.1 Å². The lowest BCUT2D eigenvalue weighted by molar-refractivity contribution is -0.384. The van der Waals surface area contributed by atoms with Crippen LogP contribution in [0.2, 0.25) is 0 Å². The number of hydrogen-bond acceptors (Lipinski definition) is 7. The van der Waals surface area contributed by atoms with Crippen LogP contribution < -0.4 is 4.90 Å². The maximum absolute atomic E-state index is 12.8. The molecule has 10 heteroatoms. The molecule has 0 N–H and O–H groups in total. The molecule has 4 rings (SSSR count). The number of hydrogen-bond donors (Lipinski definition) is 0. The van der Waals surface area contributed by atoms with Gasteiger partial charge in [-0.25, -0.2) is 0 Å². The summed E-state index contributed by atoms with van der Waals surface area (Å²) in [5.74, 6) is 0.785. The summed E-state index contributed by atoms with van der Waals surface area (Å²) in [6.07, 6.45) is 3.31. The highest BCUT2D eigenvalue weighted by Gasteiger charge is 2.23. The number of amides is 1. The van der Waals surface area contributed by atoms with Gasteiger partial charge in [0, 0.05) is 43.9 Å². The van der Waals surface area contributed by atoms with E-state index in [-0.39, 0.29) is 11.6 Å². The Balaban J connectivity index is 1.39. The Morgan fingerprint density at radius 2 is 1.83 bits per heavy atom. The van der Waals surface area contributed by atoms with Crippen LogP contribution in [0.15, 0.2) is 48.3 Å². The molecule has 2 aromatic heterocycles. The predicted octanol–water partition coefficient (Wildman–Crippen LogP) is 1.78. The van der Waals surface area contributed by atoms with Gasteiger partial charge in [0.05, 0.1) is 4.92 Å². The molecule has 3 heterocycles. The number of nitrogens with zero attached hydrogens (tertiary/aromatic N) is 7. The van der Waals surface area contributed by atoms with E-state index in [2.05, 4.69) is 20.2 Å². The van der Waals surface area contributed by atoms with Crippen LogP contribution in [0.1, 0.15) is 12.5 Å². The monoisotopic (exact) mass is 393 g/mol. The van der Waals surface area contributed by atoms with Crippen molar-refractivity contribution >= 4 is 29.1 Å². The molecular weight excluding hydrogens is 374 g/mol. The Morgan fingerprint density at radius 3 is 2.52 bits per heavy atom. The summed E-state index contributed by atoms with van der Waals surface area (Å²) >= 11 is 0. The van der Waals surface area contributed by atoms with Crippen LogP contribution in [-0.2, 0) is 4.79 Å². The van der Waals surface area contributed by atoms with E-state index >= 15 is 0 Å². The first-order valence-electron chi connectivity index (χ1n) is 9.15. The number of nitro groups is 1. The number of carbonyl (C=O) groups is 1. The van der Waals surface area contributed by atoms with Crippen molar-refractivity contribution < 1.29 is 9.72 Å². The summed E-state index contributed by atoms with van der Waals surface area (Å²) < 4.78 is 1.63. The molecule has 0 unspecified atom stereocenters. The van der Waals surface area contributed by atoms with Gasteiger partial charge in [-0.05, 0) is 42.8 Å². The van der Waals surface area contributed by atoms with Gasteiger partial charge in [-0.2, -0.15) is 4.52 Å². The minimum Gasteiger partial charge on any atom is -0.352 e. The van der Waals surface area contributed by atoms with Crippen LogP contribution in [0.3, 0.4) is 0 Å². The van der Waals surface area contributed by atoms with Crippen molar-refractivity contribution in [3.8, 4) is 0 Å². The van der Waals surface area contributed by atoms with Gasteiger partial charge < -0.3 is 9.80 Å². The van der Waals surface area contributed by atoms with Gasteiger partial charge in [0.1, 0.15) is 12.1 Å². The van der Waals surface area contributed by atoms with Gasteiger partial charge in [-0.1, -0.05) is 0 Å². The number of piperazine rings is 1. The van der Waals surface area contributed by atoms with Crippen LogP contribution in [0.4, 0.5) is 11.5 Å². The highest BCUT2D eigenvalue weighted by molar-refractivity contribution is 5.97. The zero-order valence-electron chi connectivity index (χ0n) is 15.8. The number of non-ortho nitro benzene ring substituents is 1. The van der Waals surface area contributed by atoms with E-state index in [1.54, 1.807) is 36.0 Å². The second-order valence-electron chi connectivity index (χ2n) is 6.78. The van der Waals surface area contributed by atoms with Gasteiger partial charge >= 0.3 is 0 Å². The lowest BCUT2D eigenvalue weighted by Crippen LogP contribution is -2.49. The second kappa shape index (κ2) is 7.66. The first-order chi connectivity index (χ1) is 14.0. The molecule has 1 aliphatic rings. The average Bonchev–Trinajstić information content (AvgIpc) is 3.21. The number of nitro benzene ring substituents is 1. The fourth-order valence-corrected chi connectivity index (χ4v) is 3.28. The smallest absolute Gasteiger partial charge is 0.269 e. The normalized spacial score (nSPS) is 15.0. The number of benzene rings is 1. The van der Waals surface area contributed by atoms with Crippen LogP contribution in [0, 0.1) is 10.1 Å². The topological polar surface area (TPSA) is 110 Å². The van der Waals surface area contributed by atoms with E-state index in [0.717, 1.165) is 11.4 Å². The molecule has 29 heavy (non-hydrogen) atoms. The molecule has 1 aliphatic heterocycles. The molecule has 0 aliphatic carbocycles. The van der Waals surface area contributed by atoms with Gasteiger partial charge in [-0.15, -0.1) is 15.3 Å². The maximum Gasteiger partial charge on any atom is 0.269 e. The molecule has 10 nitrogen and oxygen atoms in total. The largest absolute Gasteiger partial charge is 0.352 e. The fourth-order valence-electron chi connectivity index (χ4n) is 3.28. The Bertz CT molecular complexity index is 1080. The van der Waals surface area contributed by atoms with Crippen LogP contribution in [-0.4, -0.2) is 61.7 Å². The van der Waals surface area contributed by atoms with E-state index in [4.69, 9.17) is 0 Å². The lowest BCUT2D eigenvalue weighted by Gasteiger charge is -2.35. The Labute approximate surface area is 166 Å². The number of fused-ring (bicyclic) bond motifs is 1. The standard InChI is InChI=1S/C19H19N7O3/c1-14(12-15-2-4-16(5-3-15)26(28)29)19(27)24-10-8-23(9-11-24)18-7-6-17-21-20-13-25(17)22-18/h2-7,12-13H,8-11H2,1H3/b14-12+. The van der Waals surface area contributed by atoms with Crippen molar-refractivity contribution in [3.05, 3.63) is 64.0 Å². The third kappa shape index (κ3) is 3.91. The van der Waals surface area contributed by atoms with Crippen LogP contribution in [0.25, 0.3) is 11.7 Å². The Morgan fingerprint density at radius 1 is 1.10 bits per heavy atom. The zero-order valence-corrected chi connectivity index (χ0v) is 15.8. The number of aromatic nitrogens is 4. The minimum absolute atomic E-state index is 0.0283. The minimum atomic E-state index is -0.444. The highest BCUT2D eigenvalue weighted by atomic mass is 16.6. The molecule has 148 valence electrons. The summed E-state index contributed by atoms with van der Waals surface area (Å²) in [6.45, 7) is 4.30. The van der Waals surface area contributed by atoms with Gasteiger partial charge in [0.25, 0.3) is 5.69 Å². The zero-order chi connectivity index (χ0) is 20.4. The molecular formula is C19H19N7O3. The van der Waals surface area contributed by atoms with E-state index < -0.39 is 4.92 Å². The first kappa shape index (κ1) is 18.5. The van der Waals surface area contributed by atoms with E-state index in [0.29, 0.717) is 37.4 Å². The van der Waals surface area contributed by atoms with Gasteiger partial charge in [0.15, 0.2) is 5.65 Å². The third-order valence-corrected chi connectivity index (χ3v) is 4.86. The number of anilines is 1. The van der Waals surface area contributed by atoms with Crippen molar-refractivity contribution in [2.45, 2.75) is 6.92 Å². The SMILES string of the molecule is C/C(=C\c1ccc([N+](=O)[O-])cc1)C(=O)N1CCN(c2ccc3nncn3n2)CC1. The molecule has 1 aromatic carbocycles. The molecule has 0 atom stereocenters. The summed E-state index contributed by atoms with van der Waals surface area (Å²) in [7, 11) is 0. The predicted molar refractivity (Wildman–Crippen MR) is 106 cm³/mol. The molecule has 1 fully saturated rings. The van der Waals surface area contributed by atoms with Gasteiger partial charge in [-0.3, -0.25) is 14.9 Å². The van der Waals surface area contributed by atoms with Crippen molar-refractivity contribution in [3.63, 3.8) is 0 Å². The molecule has 3 aromatic rings. The summed E-state index contributed by atoms with van der Waals surface area (Å²) in [6, 6.07) is 9.91. The molecule has 0 spiro atoms. The quantitative estimate of drug-likeness (QED) is 0.377. The van der Waals surface area contributed by atoms with Crippen molar-refractivity contribution in [1.29, 1.82) is 0 Å². The molecule has 1 amide bonds.